The molecule has 0 aromatic carbocycles. The maximum absolute atomic E-state index is 3.96. The van der Waals surface area contributed by atoms with Gasteiger partial charge in [-0.05, 0) is 29.4 Å². The van der Waals surface area contributed by atoms with E-state index in [0.29, 0.717) is 5.92 Å². The molecule has 0 aliphatic heterocycles. The van der Waals surface area contributed by atoms with E-state index in [0.717, 1.165) is 17.4 Å². The fraction of sp³-hybridized carbons (Fsp3) is 0.429. The number of hydrogen-bond donors (Lipinski definition) is 0. The van der Waals surface area contributed by atoms with Gasteiger partial charge in [-0.25, -0.2) is 0 Å². The third-order valence-electron chi connectivity index (χ3n) is 3.24. The maximum atomic E-state index is 3.96. The van der Waals surface area contributed by atoms with Crippen LogP contribution in [0.1, 0.15) is 20.3 Å². The van der Waals surface area contributed by atoms with Crippen LogP contribution in [0.15, 0.2) is 48.1 Å². The quantitative estimate of drug-likeness (QED) is 0.583. The summed E-state index contributed by atoms with van der Waals surface area (Å²) < 4.78 is 0. The molecule has 2 rings (SSSR count). The highest BCUT2D eigenvalue weighted by molar-refractivity contribution is 5.44. The van der Waals surface area contributed by atoms with Gasteiger partial charge in [0.05, 0.1) is 0 Å². The molecule has 0 amide bonds. The Balaban J connectivity index is 2.21. The fourth-order valence-electron chi connectivity index (χ4n) is 2.21. The molecule has 0 nitrogen and oxygen atoms in total. The van der Waals surface area contributed by atoms with Crippen molar-refractivity contribution in [3.63, 3.8) is 0 Å². The molecule has 2 aliphatic carbocycles. The number of hydrogen-bond acceptors (Lipinski definition) is 0. The van der Waals surface area contributed by atoms with Crippen molar-refractivity contribution in [3.8, 4) is 0 Å². The highest BCUT2D eigenvalue weighted by Gasteiger charge is 2.23. The Bertz CT molecular complexity index is 326. The van der Waals surface area contributed by atoms with Gasteiger partial charge < -0.3 is 0 Å². The van der Waals surface area contributed by atoms with Gasteiger partial charge in [-0.3, -0.25) is 0 Å². The second-order valence-electron chi connectivity index (χ2n) is 4.69. The molecule has 14 heavy (non-hydrogen) atoms. The SMILES string of the molecule is C=C1C=CC2CC(C(C)C)C=CC2=C1. The Labute approximate surface area is 86.7 Å². The normalized spacial score (nSPS) is 30.5. The average Bonchev–Trinajstić information content (AvgIpc) is 2.16. The molecule has 0 aromatic rings. The van der Waals surface area contributed by atoms with Gasteiger partial charge in [0.1, 0.15) is 0 Å². The van der Waals surface area contributed by atoms with Crippen molar-refractivity contribution in [2.24, 2.45) is 17.8 Å². The van der Waals surface area contributed by atoms with Crippen LogP contribution in [0.3, 0.4) is 0 Å². The summed E-state index contributed by atoms with van der Waals surface area (Å²) in [4.78, 5) is 0. The zero-order valence-corrected chi connectivity index (χ0v) is 9.03. The predicted octanol–water partition coefficient (Wildman–Crippen LogP) is 3.89. The fourth-order valence-corrected chi connectivity index (χ4v) is 2.21. The molecule has 0 aromatic heterocycles. The number of rotatable bonds is 1. The second kappa shape index (κ2) is 3.61. The van der Waals surface area contributed by atoms with E-state index in [1.165, 1.54) is 12.0 Å². The van der Waals surface area contributed by atoms with Gasteiger partial charge in [-0.15, -0.1) is 0 Å². The molecule has 0 radical (unpaired) electrons. The van der Waals surface area contributed by atoms with E-state index in [9.17, 15) is 0 Å². The van der Waals surface area contributed by atoms with Gasteiger partial charge in [0, 0.05) is 5.92 Å². The molecule has 2 aliphatic rings. The standard InChI is InChI=1S/C14H18/c1-10(2)12-6-7-13-8-11(3)4-5-14(13)9-12/h4-8,10,12,14H,3,9H2,1-2H3. The molecule has 2 unspecified atom stereocenters. The molecule has 0 saturated heterocycles. The van der Waals surface area contributed by atoms with Crippen LogP contribution in [0.4, 0.5) is 0 Å². The lowest BCUT2D eigenvalue weighted by Gasteiger charge is -2.29. The Morgan fingerprint density at radius 1 is 1.29 bits per heavy atom. The van der Waals surface area contributed by atoms with Crippen molar-refractivity contribution >= 4 is 0 Å². The summed E-state index contributed by atoms with van der Waals surface area (Å²) in [6.07, 6.45) is 12.6. The summed E-state index contributed by atoms with van der Waals surface area (Å²) in [7, 11) is 0. The molecule has 0 bridgehead atoms. The molecule has 0 heteroatoms. The van der Waals surface area contributed by atoms with Crippen molar-refractivity contribution in [1.82, 2.24) is 0 Å². The summed E-state index contributed by atoms with van der Waals surface area (Å²) in [5, 5.41) is 0. The lowest BCUT2D eigenvalue weighted by molar-refractivity contribution is 0.396. The molecule has 0 heterocycles. The lowest BCUT2D eigenvalue weighted by Crippen LogP contribution is -2.17. The van der Waals surface area contributed by atoms with Gasteiger partial charge in [0.2, 0.25) is 0 Å². The van der Waals surface area contributed by atoms with Crippen molar-refractivity contribution in [2.45, 2.75) is 20.3 Å². The summed E-state index contributed by atoms with van der Waals surface area (Å²) in [6.45, 7) is 8.56. The number of allylic oxidation sites excluding steroid dienone is 7. The molecule has 0 spiro atoms. The van der Waals surface area contributed by atoms with Gasteiger partial charge in [-0.2, -0.15) is 0 Å². The van der Waals surface area contributed by atoms with Crippen LogP contribution >= 0.6 is 0 Å². The minimum atomic E-state index is 0.637. The first-order valence-corrected chi connectivity index (χ1v) is 5.43. The van der Waals surface area contributed by atoms with Crippen molar-refractivity contribution < 1.29 is 0 Å². The summed E-state index contributed by atoms with van der Waals surface area (Å²) in [5.41, 5.74) is 2.57. The van der Waals surface area contributed by atoms with Crippen LogP contribution < -0.4 is 0 Å². The number of fused-ring (bicyclic) bond motifs is 1. The van der Waals surface area contributed by atoms with Gasteiger partial charge in [-0.1, -0.05) is 50.8 Å². The minimum Gasteiger partial charge on any atom is -0.0918 e. The molecule has 0 N–H and O–H groups in total. The monoisotopic (exact) mass is 186 g/mol. The molecular formula is C14H18. The van der Waals surface area contributed by atoms with Crippen LogP contribution in [0.25, 0.3) is 0 Å². The molecule has 74 valence electrons. The third-order valence-corrected chi connectivity index (χ3v) is 3.24. The Kier molecular flexibility index (Phi) is 2.45. The van der Waals surface area contributed by atoms with E-state index in [-0.39, 0.29) is 0 Å². The van der Waals surface area contributed by atoms with Crippen LogP contribution in [-0.2, 0) is 0 Å². The first-order chi connectivity index (χ1) is 6.66. The van der Waals surface area contributed by atoms with E-state index >= 15 is 0 Å². The minimum absolute atomic E-state index is 0.637. The Morgan fingerprint density at radius 2 is 2.07 bits per heavy atom. The predicted molar refractivity (Wildman–Crippen MR) is 61.9 cm³/mol. The van der Waals surface area contributed by atoms with E-state index in [1.807, 2.05) is 0 Å². The zero-order chi connectivity index (χ0) is 10.1. The zero-order valence-electron chi connectivity index (χ0n) is 9.03. The average molecular weight is 186 g/mol. The molecule has 0 saturated carbocycles. The summed E-state index contributed by atoms with van der Waals surface area (Å²) >= 11 is 0. The van der Waals surface area contributed by atoms with Crippen LogP contribution in [0.2, 0.25) is 0 Å². The van der Waals surface area contributed by atoms with E-state index < -0.39 is 0 Å². The first kappa shape index (κ1) is 9.51. The highest BCUT2D eigenvalue weighted by Crippen LogP contribution is 2.35. The van der Waals surface area contributed by atoms with Crippen molar-refractivity contribution in [1.29, 1.82) is 0 Å². The second-order valence-corrected chi connectivity index (χ2v) is 4.69. The Hall–Kier alpha value is -1.04. The molecular weight excluding hydrogens is 168 g/mol. The Morgan fingerprint density at radius 3 is 2.79 bits per heavy atom. The maximum Gasteiger partial charge on any atom is 0.00270 e. The van der Waals surface area contributed by atoms with Crippen LogP contribution in [0, 0.1) is 17.8 Å². The van der Waals surface area contributed by atoms with E-state index in [2.05, 4.69) is 50.8 Å². The van der Waals surface area contributed by atoms with Crippen LogP contribution in [0.5, 0.6) is 0 Å². The molecule has 0 fully saturated rings. The van der Waals surface area contributed by atoms with Gasteiger partial charge >= 0.3 is 0 Å². The highest BCUT2D eigenvalue weighted by atomic mass is 14.3. The largest absolute Gasteiger partial charge is 0.0918 e. The van der Waals surface area contributed by atoms with Gasteiger partial charge in [0.25, 0.3) is 0 Å². The third kappa shape index (κ3) is 1.75. The smallest absolute Gasteiger partial charge is 0.00270 e. The van der Waals surface area contributed by atoms with E-state index in [4.69, 9.17) is 0 Å². The van der Waals surface area contributed by atoms with Crippen molar-refractivity contribution in [2.75, 3.05) is 0 Å². The molecule has 2 atom stereocenters. The lowest BCUT2D eigenvalue weighted by atomic mass is 9.76. The van der Waals surface area contributed by atoms with Crippen molar-refractivity contribution in [3.05, 3.63) is 48.1 Å². The topological polar surface area (TPSA) is 0 Å². The van der Waals surface area contributed by atoms with Crippen LogP contribution in [-0.4, -0.2) is 0 Å². The van der Waals surface area contributed by atoms with Gasteiger partial charge in [0.15, 0.2) is 0 Å². The summed E-state index contributed by atoms with van der Waals surface area (Å²) in [6, 6.07) is 0. The summed E-state index contributed by atoms with van der Waals surface area (Å²) in [5.74, 6) is 2.14. The first-order valence-electron chi connectivity index (χ1n) is 5.43. The van der Waals surface area contributed by atoms with E-state index in [1.54, 1.807) is 0 Å².